The lowest BCUT2D eigenvalue weighted by molar-refractivity contribution is 0.171. The van der Waals surface area contributed by atoms with Gasteiger partial charge < -0.3 is 24.5 Å². The second-order valence-electron chi connectivity index (χ2n) is 3.81. The van der Waals surface area contributed by atoms with Crippen LogP contribution in [0.25, 0.3) is 11.3 Å². The Bertz CT molecular complexity index is 579. The highest BCUT2D eigenvalue weighted by molar-refractivity contribution is 5.72. The third-order valence-electron chi connectivity index (χ3n) is 2.67. The van der Waals surface area contributed by atoms with Crippen molar-refractivity contribution in [3.63, 3.8) is 0 Å². The molecule has 18 heavy (non-hydrogen) atoms. The van der Waals surface area contributed by atoms with E-state index in [1.165, 1.54) is 0 Å². The molecule has 6 heteroatoms. The van der Waals surface area contributed by atoms with Gasteiger partial charge in [0.25, 0.3) is 0 Å². The van der Waals surface area contributed by atoms with E-state index in [2.05, 4.69) is 5.16 Å². The Morgan fingerprint density at radius 1 is 1.17 bits per heavy atom. The van der Waals surface area contributed by atoms with Crippen molar-refractivity contribution in [1.29, 1.82) is 0 Å². The van der Waals surface area contributed by atoms with Gasteiger partial charge in [-0.15, -0.1) is 0 Å². The van der Waals surface area contributed by atoms with Crippen molar-refractivity contribution in [2.45, 2.75) is 0 Å². The number of anilines is 1. The monoisotopic (exact) mass is 248 g/mol. The number of methoxy groups -OCH3 is 1. The highest BCUT2D eigenvalue weighted by Gasteiger charge is 2.19. The van der Waals surface area contributed by atoms with E-state index in [1.54, 1.807) is 19.2 Å². The largest absolute Gasteiger partial charge is 0.496 e. The Hall–Kier alpha value is -2.37. The van der Waals surface area contributed by atoms with Crippen molar-refractivity contribution in [2.75, 3.05) is 26.1 Å². The van der Waals surface area contributed by atoms with E-state index < -0.39 is 0 Å². The lowest BCUT2D eigenvalue weighted by Crippen LogP contribution is -2.15. The second-order valence-corrected chi connectivity index (χ2v) is 3.81. The van der Waals surface area contributed by atoms with Crippen LogP contribution in [0, 0.1) is 0 Å². The lowest BCUT2D eigenvalue weighted by atomic mass is 10.1. The molecule has 0 unspecified atom stereocenters. The minimum absolute atomic E-state index is 0.252. The topological polar surface area (TPSA) is 79.7 Å². The summed E-state index contributed by atoms with van der Waals surface area (Å²) in [6, 6.07) is 5.22. The Balaban J connectivity index is 2.12. The van der Waals surface area contributed by atoms with Crippen LogP contribution in [0.15, 0.2) is 22.7 Å². The molecular formula is C12H12N2O4. The molecule has 0 radical (unpaired) electrons. The number of ether oxygens (including phenoxy) is 3. The normalized spacial score (nSPS) is 13.4. The van der Waals surface area contributed by atoms with Crippen LogP contribution in [-0.2, 0) is 0 Å². The first-order valence-electron chi connectivity index (χ1n) is 5.48. The number of aromatic nitrogens is 1. The van der Waals surface area contributed by atoms with Crippen LogP contribution in [0.5, 0.6) is 17.2 Å². The van der Waals surface area contributed by atoms with Crippen molar-refractivity contribution in [2.24, 2.45) is 0 Å². The van der Waals surface area contributed by atoms with E-state index in [-0.39, 0.29) is 5.88 Å². The predicted molar refractivity (Wildman–Crippen MR) is 63.9 cm³/mol. The molecule has 94 valence electrons. The summed E-state index contributed by atoms with van der Waals surface area (Å²) in [6.45, 7) is 1.06. The molecule has 1 aromatic carbocycles. The Morgan fingerprint density at radius 3 is 2.50 bits per heavy atom. The summed E-state index contributed by atoms with van der Waals surface area (Å²) in [5.74, 6) is 2.21. The van der Waals surface area contributed by atoms with Gasteiger partial charge in [0.1, 0.15) is 24.7 Å². The van der Waals surface area contributed by atoms with Gasteiger partial charge in [0.05, 0.1) is 7.11 Å². The Kier molecular flexibility index (Phi) is 2.47. The summed E-state index contributed by atoms with van der Waals surface area (Å²) < 4.78 is 21.2. The first-order chi connectivity index (χ1) is 8.78. The first kappa shape index (κ1) is 10.8. The summed E-state index contributed by atoms with van der Waals surface area (Å²) >= 11 is 0. The molecule has 0 atom stereocenters. The zero-order chi connectivity index (χ0) is 12.5. The molecule has 3 rings (SSSR count). The fraction of sp³-hybridized carbons (Fsp3) is 0.250. The van der Waals surface area contributed by atoms with Crippen molar-refractivity contribution >= 4 is 5.88 Å². The van der Waals surface area contributed by atoms with E-state index >= 15 is 0 Å². The van der Waals surface area contributed by atoms with Gasteiger partial charge in [0.15, 0.2) is 11.5 Å². The molecule has 0 saturated carbocycles. The number of nitrogens with zero attached hydrogens (tertiary/aromatic N) is 1. The standard InChI is InChI=1S/C12H12N2O4/c1-15-9-6-11-10(16-2-3-17-11)4-7(9)8-5-12(13)18-14-8/h4-6H,2-3,13H2,1H3. The number of benzene rings is 1. The van der Waals surface area contributed by atoms with E-state index in [0.29, 0.717) is 36.2 Å². The van der Waals surface area contributed by atoms with Gasteiger partial charge in [-0.2, -0.15) is 0 Å². The van der Waals surface area contributed by atoms with Crippen molar-refractivity contribution in [3.05, 3.63) is 18.2 Å². The Labute approximate surface area is 103 Å². The van der Waals surface area contributed by atoms with Gasteiger partial charge in [-0.05, 0) is 6.07 Å². The van der Waals surface area contributed by atoms with E-state index in [4.69, 9.17) is 24.5 Å². The summed E-state index contributed by atoms with van der Waals surface area (Å²) in [7, 11) is 1.58. The third-order valence-corrected chi connectivity index (χ3v) is 2.67. The van der Waals surface area contributed by atoms with Gasteiger partial charge in [-0.1, -0.05) is 5.16 Å². The molecule has 1 aliphatic rings. The zero-order valence-electron chi connectivity index (χ0n) is 9.80. The number of nitrogen functional groups attached to an aromatic ring is 1. The average Bonchev–Trinajstić information content (AvgIpc) is 2.83. The molecule has 2 aromatic rings. The van der Waals surface area contributed by atoms with Crippen LogP contribution < -0.4 is 19.9 Å². The van der Waals surface area contributed by atoms with Crippen molar-refractivity contribution in [3.8, 4) is 28.5 Å². The summed E-state index contributed by atoms with van der Waals surface area (Å²) in [6.07, 6.45) is 0. The fourth-order valence-electron chi connectivity index (χ4n) is 1.86. The quantitative estimate of drug-likeness (QED) is 0.871. The maximum absolute atomic E-state index is 5.52. The molecule has 0 amide bonds. The summed E-state index contributed by atoms with van der Waals surface area (Å²) in [4.78, 5) is 0. The second kappa shape index (κ2) is 4.14. The molecule has 0 fully saturated rings. The maximum Gasteiger partial charge on any atom is 0.222 e. The van der Waals surface area contributed by atoms with E-state index in [9.17, 15) is 0 Å². The highest BCUT2D eigenvalue weighted by Crippen LogP contribution is 2.41. The summed E-state index contributed by atoms with van der Waals surface area (Å²) in [5.41, 5.74) is 6.87. The van der Waals surface area contributed by atoms with Gasteiger partial charge in [0.2, 0.25) is 5.88 Å². The number of nitrogens with two attached hydrogens (primary N) is 1. The molecule has 1 aliphatic heterocycles. The summed E-state index contributed by atoms with van der Waals surface area (Å²) in [5, 5.41) is 3.87. The van der Waals surface area contributed by atoms with E-state index in [0.717, 1.165) is 5.56 Å². The zero-order valence-corrected chi connectivity index (χ0v) is 9.80. The lowest BCUT2D eigenvalue weighted by Gasteiger charge is -2.20. The molecule has 2 heterocycles. The molecule has 6 nitrogen and oxygen atoms in total. The fourth-order valence-corrected chi connectivity index (χ4v) is 1.86. The van der Waals surface area contributed by atoms with Crippen molar-refractivity contribution < 1.29 is 18.7 Å². The van der Waals surface area contributed by atoms with E-state index in [1.807, 2.05) is 6.07 Å². The first-order valence-corrected chi connectivity index (χ1v) is 5.48. The molecular weight excluding hydrogens is 236 g/mol. The molecule has 2 N–H and O–H groups in total. The average molecular weight is 248 g/mol. The van der Waals surface area contributed by atoms with Crippen LogP contribution >= 0.6 is 0 Å². The SMILES string of the molecule is COc1cc2c(cc1-c1cc(N)on1)OCCO2. The molecule has 0 bridgehead atoms. The molecule has 0 saturated heterocycles. The Morgan fingerprint density at radius 2 is 1.89 bits per heavy atom. The molecule has 0 aliphatic carbocycles. The van der Waals surface area contributed by atoms with Crippen LogP contribution in [0.3, 0.4) is 0 Å². The molecule has 0 spiro atoms. The maximum atomic E-state index is 5.52. The third kappa shape index (κ3) is 1.71. The van der Waals surface area contributed by atoms with Gasteiger partial charge in [-0.25, -0.2) is 0 Å². The van der Waals surface area contributed by atoms with Crippen LogP contribution in [0.1, 0.15) is 0 Å². The predicted octanol–water partition coefficient (Wildman–Crippen LogP) is 1.70. The highest BCUT2D eigenvalue weighted by atomic mass is 16.6. The smallest absolute Gasteiger partial charge is 0.222 e. The number of rotatable bonds is 2. The van der Waals surface area contributed by atoms with Crippen molar-refractivity contribution in [1.82, 2.24) is 5.16 Å². The van der Waals surface area contributed by atoms with Gasteiger partial charge in [0, 0.05) is 17.7 Å². The number of hydrogen-bond acceptors (Lipinski definition) is 6. The van der Waals surface area contributed by atoms with Crippen LogP contribution in [-0.4, -0.2) is 25.5 Å². The number of fused-ring (bicyclic) bond motifs is 1. The van der Waals surface area contributed by atoms with Gasteiger partial charge in [-0.3, -0.25) is 0 Å². The van der Waals surface area contributed by atoms with Gasteiger partial charge >= 0.3 is 0 Å². The van der Waals surface area contributed by atoms with Crippen LogP contribution in [0.2, 0.25) is 0 Å². The minimum atomic E-state index is 0.252. The minimum Gasteiger partial charge on any atom is -0.496 e. The number of hydrogen-bond donors (Lipinski definition) is 1. The molecule has 1 aromatic heterocycles. The van der Waals surface area contributed by atoms with Crippen LogP contribution in [0.4, 0.5) is 5.88 Å².